The molecule has 0 saturated carbocycles. The van der Waals surface area contributed by atoms with E-state index in [-0.39, 0.29) is 0 Å². The minimum atomic E-state index is -0.914. The fraction of sp³-hybridized carbons (Fsp3) is 0.348. The Morgan fingerprint density at radius 2 is 1.67 bits per heavy atom. The number of ether oxygens (including phenoxy) is 2. The maximum Gasteiger partial charge on any atom is 0.338 e. The second-order valence-corrected chi connectivity index (χ2v) is 7.03. The summed E-state index contributed by atoms with van der Waals surface area (Å²) < 4.78 is 13.0. The lowest BCUT2D eigenvalue weighted by molar-refractivity contribution is 0.0696. The summed E-state index contributed by atoms with van der Waals surface area (Å²) in [4.78, 5) is 15.5. The summed E-state index contributed by atoms with van der Waals surface area (Å²) in [5.74, 6) is -0.914. The van der Waals surface area contributed by atoms with E-state index in [1.807, 2.05) is 44.2 Å². The second kappa shape index (κ2) is 10.4. The average Bonchev–Trinajstić information content (AvgIpc) is 3.13. The number of rotatable bonds is 11. The van der Waals surface area contributed by atoms with E-state index in [0.717, 1.165) is 29.5 Å². The molecule has 0 unspecified atom stereocenters. The van der Waals surface area contributed by atoms with Crippen molar-refractivity contribution in [2.45, 2.75) is 39.7 Å². The van der Waals surface area contributed by atoms with E-state index in [1.165, 1.54) is 0 Å². The number of hydrogen-bond acceptors (Lipinski definition) is 5. The smallest absolute Gasteiger partial charge is 0.338 e. The minimum Gasteiger partial charge on any atom is -0.478 e. The first-order chi connectivity index (χ1) is 14.6. The summed E-state index contributed by atoms with van der Waals surface area (Å²) in [6, 6.07) is 16.0. The maximum atomic E-state index is 11.1. The molecule has 2 aromatic carbocycles. The molecule has 1 aromatic heterocycles. The van der Waals surface area contributed by atoms with Crippen molar-refractivity contribution in [3.63, 3.8) is 0 Å². The monoisotopic (exact) mass is 409 g/mol. The summed E-state index contributed by atoms with van der Waals surface area (Å²) in [6.07, 6.45) is 2.44. The molecular formula is C23H27N3O4. The number of aromatic nitrogens is 3. The first kappa shape index (κ1) is 21.4. The molecule has 0 aliphatic carbocycles. The van der Waals surface area contributed by atoms with Gasteiger partial charge in [0.05, 0.1) is 25.3 Å². The summed E-state index contributed by atoms with van der Waals surface area (Å²) in [7, 11) is 0. The molecule has 158 valence electrons. The first-order valence-electron chi connectivity index (χ1n) is 10.2. The van der Waals surface area contributed by atoms with Gasteiger partial charge in [-0.2, -0.15) is 0 Å². The molecule has 0 atom stereocenters. The SMILES string of the molecule is CCCOc1nc(OCCC)n(Cc2ccc(Cc3cccc(C(=O)O)c3)cc2)n1. The largest absolute Gasteiger partial charge is 0.478 e. The molecule has 0 aliphatic rings. The number of carbonyl (C=O) groups is 1. The van der Waals surface area contributed by atoms with E-state index >= 15 is 0 Å². The molecule has 0 spiro atoms. The molecule has 30 heavy (non-hydrogen) atoms. The van der Waals surface area contributed by atoms with Crippen LogP contribution in [0.4, 0.5) is 0 Å². The van der Waals surface area contributed by atoms with Gasteiger partial charge in [0, 0.05) is 0 Å². The highest BCUT2D eigenvalue weighted by molar-refractivity contribution is 5.87. The number of carboxylic acid groups (broad SMARTS) is 1. The van der Waals surface area contributed by atoms with Crippen LogP contribution in [0.25, 0.3) is 0 Å². The van der Waals surface area contributed by atoms with Gasteiger partial charge in [-0.05, 0) is 48.1 Å². The third kappa shape index (κ3) is 5.83. The van der Waals surface area contributed by atoms with Gasteiger partial charge >= 0.3 is 18.0 Å². The Labute approximate surface area is 176 Å². The van der Waals surface area contributed by atoms with Crippen LogP contribution in [-0.4, -0.2) is 39.1 Å². The van der Waals surface area contributed by atoms with Gasteiger partial charge in [0.15, 0.2) is 0 Å². The molecule has 7 nitrogen and oxygen atoms in total. The zero-order valence-corrected chi connectivity index (χ0v) is 17.4. The molecule has 1 heterocycles. The quantitative estimate of drug-likeness (QED) is 0.511. The van der Waals surface area contributed by atoms with Crippen LogP contribution in [0.5, 0.6) is 12.0 Å². The molecule has 0 aliphatic heterocycles. The lowest BCUT2D eigenvalue weighted by Gasteiger charge is -2.08. The Morgan fingerprint density at radius 1 is 0.967 bits per heavy atom. The highest BCUT2D eigenvalue weighted by atomic mass is 16.5. The normalized spacial score (nSPS) is 10.7. The molecule has 0 bridgehead atoms. The number of benzene rings is 2. The fourth-order valence-corrected chi connectivity index (χ4v) is 2.95. The zero-order valence-electron chi connectivity index (χ0n) is 17.4. The number of hydrogen-bond donors (Lipinski definition) is 1. The van der Waals surface area contributed by atoms with Crippen molar-refractivity contribution in [1.29, 1.82) is 0 Å². The fourth-order valence-electron chi connectivity index (χ4n) is 2.95. The predicted octanol–water partition coefficient (Wildman–Crippen LogP) is 4.19. The molecule has 3 rings (SSSR count). The van der Waals surface area contributed by atoms with Crippen molar-refractivity contribution in [2.24, 2.45) is 0 Å². The Morgan fingerprint density at radius 3 is 2.37 bits per heavy atom. The van der Waals surface area contributed by atoms with Gasteiger partial charge in [0.25, 0.3) is 0 Å². The third-order valence-electron chi connectivity index (χ3n) is 4.43. The van der Waals surface area contributed by atoms with Crippen molar-refractivity contribution in [2.75, 3.05) is 13.2 Å². The van der Waals surface area contributed by atoms with Crippen LogP contribution in [0.2, 0.25) is 0 Å². The van der Waals surface area contributed by atoms with Gasteiger partial charge in [-0.15, -0.1) is 10.1 Å². The zero-order chi connectivity index (χ0) is 21.3. The van der Waals surface area contributed by atoms with Gasteiger partial charge in [-0.1, -0.05) is 50.2 Å². The molecule has 0 amide bonds. The van der Waals surface area contributed by atoms with Gasteiger partial charge < -0.3 is 14.6 Å². The van der Waals surface area contributed by atoms with E-state index in [4.69, 9.17) is 14.6 Å². The Balaban J connectivity index is 1.69. The molecule has 0 fully saturated rings. The number of aromatic carboxylic acids is 1. The highest BCUT2D eigenvalue weighted by Gasteiger charge is 2.13. The Hall–Kier alpha value is -3.35. The van der Waals surface area contributed by atoms with E-state index in [2.05, 4.69) is 10.1 Å². The van der Waals surface area contributed by atoms with Crippen LogP contribution in [0.3, 0.4) is 0 Å². The van der Waals surface area contributed by atoms with E-state index in [1.54, 1.807) is 22.9 Å². The standard InChI is InChI=1S/C23H27N3O4/c1-3-12-29-22-24-23(30-13-4-2)26(25-22)16-18-10-8-17(9-11-18)14-19-6-5-7-20(15-19)21(27)28/h5-11,15H,3-4,12-14,16H2,1-2H3,(H,27,28). The molecule has 7 heteroatoms. The predicted molar refractivity (Wildman–Crippen MR) is 113 cm³/mol. The number of carboxylic acids is 1. The maximum absolute atomic E-state index is 11.1. The second-order valence-electron chi connectivity index (χ2n) is 7.03. The third-order valence-corrected chi connectivity index (χ3v) is 4.43. The lowest BCUT2D eigenvalue weighted by Crippen LogP contribution is -2.07. The van der Waals surface area contributed by atoms with Crippen LogP contribution >= 0.6 is 0 Å². The molecular weight excluding hydrogens is 382 g/mol. The van der Waals surface area contributed by atoms with Crippen molar-refractivity contribution >= 4 is 5.97 Å². The van der Waals surface area contributed by atoms with Gasteiger partial charge in [-0.3, -0.25) is 0 Å². The van der Waals surface area contributed by atoms with Crippen molar-refractivity contribution < 1.29 is 19.4 Å². The Kier molecular flexibility index (Phi) is 7.43. The molecule has 0 radical (unpaired) electrons. The number of nitrogens with zero attached hydrogens (tertiary/aromatic N) is 3. The average molecular weight is 409 g/mol. The lowest BCUT2D eigenvalue weighted by atomic mass is 10.0. The van der Waals surface area contributed by atoms with Gasteiger partial charge in [0.2, 0.25) is 0 Å². The van der Waals surface area contributed by atoms with Crippen LogP contribution in [-0.2, 0) is 13.0 Å². The molecule has 1 N–H and O–H groups in total. The van der Waals surface area contributed by atoms with Gasteiger partial charge in [-0.25, -0.2) is 9.48 Å². The van der Waals surface area contributed by atoms with Crippen LogP contribution in [0.15, 0.2) is 48.5 Å². The van der Waals surface area contributed by atoms with Gasteiger partial charge in [0.1, 0.15) is 0 Å². The van der Waals surface area contributed by atoms with Crippen LogP contribution in [0.1, 0.15) is 53.7 Å². The van der Waals surface area contributed by atoms with Crippen molar-refractivity contribution in [1.82, 2.24) is 14.8 Å². The summed E-state index contributed by atoms with van der Waals surface area (Å²) >= 11 is 0. The van der Waals surface area contributed by atoms with Crippen molar-refractivity contribution in [3.8, 4) is 12.0 Å². The minimum absolute atomic E-state index is 0.302. The highest BCUT2D eigenvalue weighted by Crippen LogP contribution is 2.18. The molecule has 3 aromatic rings. The topological polar surface area (TPSA) is 86.5 Å². The summed E-state index contributed by atoms with van der Waals surface area (Å²) in [6.45, 7) is 5.73. The van der Waals surface area contributed by atoms with Crippen LogP contribution < -0.4 is 9.47 Å². The van der Waals surface area contributed by atoms with Crippen molar-refractivity contribution in [3.05, 3.63) is 70.8 Å². The van der Waals surface area contributed by atoms with E-state index in [0.29, 0.717) is 43.8 Å². The van der Waals surface area contributed by atoms with E-state index in [9.17, 15) is 4.79 Å². The van der Waals surface area contributed by atoms with Crippen LogP contribution in [0, 0.1) is 0 Å². The van der Waals surface area contributed by atoms with E-state index < -0.39 is 5.97 Å². The molecule has 0 saturated heterocycles. The first-order valence-corrected chi connectivity index (χ1v) is 10.2. The Bertz CT molecular complexity index is 967. The summed E-state index contributed by atoms with van der Waals surface area (Å²) in [5.41, 5.74) is 3.43. The summed E-state index contributed by atoms with van der Waals surface area (Å²) in [5, 5.41) is 13.6.